The van der Waals surface area contributed by atoms with Gasteiger partial charge in [-0.05, 0) is 56.5 Å². The van der Waals surface area contributed by atoms with Crippen LogP contribution in [0.4, 0.5) is 0 Å². The maximum atomic E-state index is 9.72. The monoisotopic (exact) mass is 278 g/mol. The molecule has 0 radical (unpaired) electrons. The minimum Gasteiger partial charge on any atom is -0.396 e. The lowest BCUT2D eigenvalue weighted by Crippen LogP contribution is -2.27. The van der Waals surface area contributed by atoms with Crippen molar-refractivity contribution in [1.29, 1.82) is 0 Å². The summed E-state index contributed by atoms with van der Waals surface area (Å²) in [5.41, 5.74) is 0. The average Bonchev–Trinajstić information content (AvgIpc) is 2.37. The molecule has 1 atom stereocenters. The molecule has 17 heavy (non-hydrogen) atoms. The van der Waals surface area contributed by atoms with Crippen molar-refractivity contribution in [3.05, 3.63) is 0 Å². The number of hydrogen-bond donors (Lipinski definition) is 2. The topological polar surface area (TPSA) is 40.5 Å². The second-order valence-electron chi connectivity index (χ2n) is 4.74. The Labute approximate surface area is 114 Å². The van der Waals surface area contributed by atoms with E-state index in [1.54, 1.807) is 0 Å². The van der Waals surface area contributed by atoms with E-state index in [4.69, 9.17) is 5.11 Å². The highest BCUT2D eigenvalue weighted by molar-refractivity contribution is 8.18. The molecule has 0 spiro atoms. The van der Waals surface area contributed by atoms with E-state index < -0.39 is 0 Å². The van der Waals surface area contributed by atoms with E-state index in [9.17, 15) is 5.11 Å². The van der Waals surface area contributed by atoms with Gasteiger partial charge in [-0.3, -0.25) is 0 Å². The minimum absolute atomic E-state index is 0.132. The summed E-state index contributed by atoms with van der Waals surface area (Å²) in [5, 5.41) is 18.6. The molecule has 1 rings (SSSR count). The summed E-state index contributed by atoms with van der Waals surface area (Å²) in [4.78, 5) is 0. The van der Waals surface area contributed by atoms with Crippen LogP contribution in [0.3, 0.4) is 0 Å². The molecule has 1 aliphatic heterocycles. The first-order valence-electron chi connectivity index (χ1n) is 6.79. The van der Waals surface area contributed by atoms with Crippen molar-refractivity contribution in [3.63, 3.8) is 0 Å². The number of aliphatic hydroxyl groups is 2. The summed E-state index contributed by atoms with van der Waals surface area (Å²) in [5.74, 6) is 2.52. The van der Waals surface area contributed by atoms with Crippen molar-refractivity contribution in [3.8, 4) is 0 Å². The van der Waals surface area contributed by atoms with E-state index in [2.05, 4.69) is 23.5 Å². The lowest BCUT2D eigenvalue weighted by atomic mass is 10.1. The molecular weight excluding hydrogens is 252 g/mol. The van der Waals surface area contributed by atoms with Crippen molar-refractivity contribution < 1.29 is 10.2 Å². The number of rotatable bonds is 8. The fourth-order valence-corrected chi connectivity index (χ4v) is 5.57. The fourth-order valence-electron chi connectivity index (χ4n) is 2.13. The molecule has 2 nitrogen and oxygen atoms in total. The van der Waals surface area contributed by atoms with Crippen molar-refractivity contribution >= 4 is 23.5 Å². The van der Waals surface area contributed by atoms with E-state index in [1.165, 1.54) is 24.3 Å². The molecule has 102 valence electrons. The van der Waals surface area contributed by atoms with E-state index in [-0.39, 0.29) is 6.10 Å². The molecule has 1 unspecified atom stereocenters. The average molecular weight is 278 g/mol. The highest BCUT2D eigenvalue weighted by Crippen LogP contribution is 2.49. The molecule has 4 heteroatoms. The third-order valence-corrected chi connectivity index (χ3v) is 6.88. The molecule has 0 aromatic carbocycles. The van der Waals surface area contributed by atoms with E-state index in [1.807, 2.05) is 6.92 Å². The molecule has 0 aromatic heterocycles. The van der Waals surface area contributed by atoms with Crippen molar-refractivity contribution in [1.82, 2.24) is 0 Å². The minimum atomic E-state index is -0.132. The molecule has 1 heterocycles. The standard InChI is InChI=1S/C13H26O2S2/c1-2-12(15)6-8-13(7-3-4-9-14)16-10-5-11-17-13/h12,14-15H,2-11H2,1H3. The Hall–Kier alpha value is 0.620. The fraction of sp³-hybridized carbons (Fsp3) is 1.00. The van der Waals surface area contributed by atoms with Crippen LogP contribution < -0.4 is 0 Å². The molecule has 1 aliphatic rings. The summed E-state index contributed by atoms with van der Waals surface area (Å²) in [6, 6.07) is 0. The van der Waals surface area contributed by atoms with Gasteiger partial charge in [0, 0.05) is 6.61 Å². The normalized spacial score (nSPS) is 21.4. The quantitative estimate of drug-likeness (QED) is 0.669. The van der Waals surface area contributed by atoms with Gasteiger partial charge in [0.15, 0.2) is 0 Å². The van der Waals surface area contributed by atoms with Crippen LogP contribution in [-0.4, -0.2) is 38.5 Å². The van der Waals surface area contributed by atoms with Gasteiger partial charge in [0.1, 0.15) is 0 Å². The van der Waals surface area contributed by atoms with Crippen molar-refractivity contribution in [2.24, 2.45) is 0 Å². The predicted molar refractivity (Wildman–Crippen MR) is 78.7 cm³/mol. The van der Waals surface area contributed by atoms with Gasteiger partial charge in [-0.25, -0.2) is 0 Å². The van der Waals surface area contributed by atoms with Crippen LogP contribution in [0.25, 0.3) is 0 Å². The Balaban J connectivity index is 2.40. The Bertz CT molecular complexity index is 194. The molecule has 0 aromatic rings. The van der Waals surface area contributed by atoms with Crippen LogP contribution in [0, 0.1) is 0 Å². The summed E-state index contributed by atoms with van der Waals surface area (Å²) >= 11 is 4.17. The first-order valence-corrected chi connectivity index (χ1v) is 8.76. The number of unbranched alkanes of at least 4 members (excludes halogenated alkanes) is 1. The maximum absolute atomic E-state index is 9.72. The highest BCUT2D eigenvalue weighted by atomic mass is 32.2. The van der Waals surface area contributed by atoms with Gasteiger partial charge in [0.2, 0.25) is 0 Å². The zero-order valence-corrected chi connectivity index (χ0v) is 12.5. The van der Waals surface area contributed by atoms with Crippen LogP contribution in [0.5, 0.6) is 0 Å². The van der Waals surface area contributed by atoms with Gasteiger partial charge in [0.05, 0.1) is 10.2 Å². The second kappa shape index (κ2) is 8.68. The van der Waals surface area contributed by atoms with Crippen molar-refractivity contribution in [2.45, 2.75) is 62.1 Å². The lowest BCUT2D eigenvalue weighted by molar-refractivity contribution is 0.156. The summed E-state index contributed by atoms with van der Waals surface area (Å²) < 4.78 is 0.323. The largest absolute Gasteiger partial charge is 0.396 e. The summed E-state index contributed by atoms with van der Waals surface area (Å²) in [6.45, 7) is 2.35. The molecule has 0 aliphatic carbocycles. The number of hydrogen-bond acceptors (Lipinski definition) is 4. The van der Waals surface area contributed by atoms with E-state index in [0.29, 0.717) is 10.7 Å². The Morgan fingerprint density at radius 3 is 2.47 bits per heavy atom. The summed E-state index contributed by atoms with van der Waals surface area (Å²) in [7, 11) is 0. The van der Waals surface area contributed by atoms with Crippen molar-refractivity contribution in [2.75, 3.05) is 18.1 Å². The summed E-state index contributed by atoms with van der Waals surface area (Å²) in [6.07, 6.45) is 7.29. The van der Waals surface area contributed by atoms with Crippen LogP contribution in [-0.2, 0) is 0 Å². The second-order valence-corrected chi connectivity index (χ2v) is 7.96. The zero-order valence-electron chi connectivity index (χ0n) is 10.9. The van der Waals surface area contributed by atoms with Gasteiger partial charge in [-0.15, -0.1) is 23.5 Å². The van der Waals surface area contributed by atoms with Crippen LogP contribution in [0.15, 0.2) is 0 Å². The number of thioether (sulfide) groups is 2. The molecule has 0 amide bonds. The van der Waals surface area contributed by atoms with Gasteiger partial charge in [-0.2, -0.15) is 0 Å². The maximum Gasteiger partial charge on any atom is 0.0612 e. The number of aliphatic hydroxyl groups excluding tert-OH is 2. The third-order valence-electron chi connectivity index (χ3n) is 3.31. The molecule has 1 fully saturated rings. The van der Waals surface area contributed by atoms with Crippen LogP contribution in [0.2, 0.25) is 0 Å². The Morgan fingerprint density at radius 2 is 1.88 bits per heavy atom. The SMILES string of the molecule is CCC(O)CCC1(CCCCO)SCCCS1. The molecular formula is C13H26O2S2. The first kappa shape index (κ1) is 15.7. The predicted octanol–water partition coefficient (Wildman–Crippen LogP) is 3.27. The van der Waals surface area contributed by atoms with Gasteiger partial charge in [0.25, 0.3) is 0 Å². The lowest BCUT2D eigenvalue weighted by Gasteiger charge is -2.37. The smallest absolute Gasteiger partial charge is 0.0612 e. The van der Waals surface area contributed by atoms with Crippen LogP contribution >= 0.6 is 23.5 Å². The van der Waals surface area contributed by atoms with E-state index >= 15 is 0 Å². The Kier molecular flexibility index (Phi) is 8.00. The molecule has 2 N–H and O–H groups in total. The van der Waals surface area contributed by atoms with Crippen LogP contribution in [0.1, 0.15) is 51.9 Å². The molecule has 0 saturated carbocycles. The van der Waals surface area contributed by atoms with Gasteiger partial charge >= 0.3 is 0 Å². The molecule has 0 bridgehead atoms. The molecule has 1 saturated heterocycles. The van der Waals surface area contributed by atoms with Gasteiger partial charge < -0.3 is 10.2 Å². The zero-order chi connectivity index (χ0) is 12.6. The third kappa shape index (κ3) is 5.86. The first-order chi connectivity index (χ1) is 8.22. The Morgan fingerprint density at radius 1 is 1.18 bits per heavy atom. The van der Waals surface area contributed by atoms with Gasteiger partial charge in [-0.1, -0.05) is 6.92 Å². The van der Waals surface area contributed by atoms with E-state index in [0.717, 1.165) is 32.1 Å². The highest BCUT2D eigenvalue weighted by Gasteiger charge is 2.33.